The van der Waals surface area contributed by atoms with Crippen molar-refractivity contribution in [3.63, 3.8) is 0 Å². The second-order valence-corrected chi connectivity index (χ2v) is 6.65. The highest BCUT2D eigenvalue weighted by atomic mass is 15.3. The summed E-state index contributed by atoms with van der Waals surface area (Å²) >= 11 is 0. The normalized spacial score (nSPS) is 26.5. The van der Waals surface area contributed by atoms with E-state index in [-0.39, 0.29) is 0 Å². The van der Waals surface area contributed by atoms with Crippen LogP contribution in [0.1, 0.15) is 58.6 Å². The summed E-state index contributed by atoms with van der Waals surface area (Å²) < 4.78 is 2.19. The molecule has 0 amide bonds. The van der Waals surface area contributed by atoms with Gasteiger partial charge in [-0.3, -0.25) is 4.68 Å². The minimum atomic E-state index is 0.468. The first kappa shape index (κ1) is 14.6. The number of aryl methyl sites for hydroxylation is 1. The van der Waals surface area contributed by atoms with Crippen LogP contribution in [-0.4, -0.2) is 22.9 Å². The van der Waals surface area contributed by atoms with Crippen molar-refractivity contribution in [1.29, 1.82) is 0 Å². The summed E-state index contributed by atoms with van der Waals surface area (Å²) in [6.07, 6.45) is 5.93. The van der Waals surface area contributed by atoms with E-state index in [4.69, 9.17) is 0 Å². The Hall–Kier alpha value is -0.830. The maximum atomic E-state index is 4.47. The molecule has 1 aromatic heterocycles. The Labute approximate surface area is 117 Å². The number of nitrogens with zero attached hydrogens (tertiary/aromatic N) is 2. The highest BCUT2D eigenvalue weighted by Gasteiger charge is 2.36. The molecule has 1 aromatic rings. The topological polar surface area (TPSA) is 29.9 Å². The number of aromatic nitrogens is 2. The molecule has 1 fully saturated rings. The quantitative estimate of drug-likeness (QED) is 0.882. The van der Waals surface area contributed by atoms with Gasteiger partial charge in [-0.05, 0) is 56.7 Å². The third-order valence-electron chi connectivity index (χ3n) is 4.62. The van der Waals surface area contributed by atoms with E-state index in [9.17, 15) is 0 Å². The van der Waals surface area contributed by atoms with Gasteiger partial charge in [0.05, 0.1) is 0 Å². The summed E-state index contributed by atoms with van der Waals surface area (Å²) in [6, 6.07) is 2.23. The highest BCUT2D eigenvalue weighted by Crippen LogP contribution is 2.46. The number of hydrogen-bond acceptors (Lipinski definition) is 2. The summed E-state index contributed by atoms with van der Waals surface area (Å²) in [4.78, 5) is 0. The predicted octanol–water partition coefficient (Wildman–Crippen LogP) is 3.42. The lowest BCUT2D eigenvalue weighted by molar-refractivity contribution is 0.155. The SMILES string of the molecule is CCNCC1CCC(C)(C)CC1c1ccnn1CC. The molecule has 108 valence electrons. The van der Waals surface area contributed by atoms with E-state index in [1.807, 2.05) is 6.20 Å². The molecule has 1 aliphatic carbocycles. The lowest BCUT2D eigenvalue weighted by atomic mass is 9.66. The van der Waals surface area contributed by atoms with Gasteiger partial charge in [-0.2, -0.15) is 5.10 Å². The van der Waals surface area contributed by atoms with Crippen molar-refractivity contribution in [3.8, 4) is 0 Å². The average molecular weight is 263 g/mol. The fourth-order valence-electron chi connectivity index (χ4n) is 3.48. The van der Waals surface area contributed by atoms with Gasteiger partial charge < -0.3 is 5.32 Å². The van der Waals surface area contributed by atoms with Crippen molar-refractivity contribution in [3.05, 3.63) is 18.0 Å². The molecular formula is C16H29N3. The molecule has 3 heteroatoms. The van der Waals surface area contributed by atoms with Crippen LogP contribution in [0.25, 0.3) is 0 Å². The molecule has 1 heterocycles. The fraction of sp³-hybridized carbons (Fsp3) is 0.812. The Bertz CT molecular complexity index is 394. The van der Waals surface area contributed by atoms with Crippen LogP contribution in [0, 0.1) is 11.3 Å². The van der Waals surface area contributed by atoms with Crippen molar-refractivity contribution in [1.82, 2.24) is 15.1 Å². The van der Waals surface area contributed by atoms with Crippen molar-refractivity contribution in [2.45, 2.75) is 59.4 Å². The highest BCUT2D eigenvalue weighted by molar-refractivity contribution is 5.12. The van der Waals surface area contributed by atoms with E-state index in [0.717, 1.165) is 25.6 Å². The molecule has 0 aliphatic heterocycles. The van der Waals surface area contributed by atoms with Crippen LogP contribution >= 0.6 is 0 Å². The second-order valence-electron chi connectivity index (χ2n) is 6.65. The average Bonchev–Trinajstić information content (AvgIpc) is 2.84. The maximum absolute atomic E-state index is 4.47. The summed E-state index contributed by atoms with van der Waals surface area (Å²) in [5.74, 6) is 1.42. The Morgan fingerprint density at radius 2 is 2.21 bits per heavy atom. The van der Waals surface area contributed by atoms with Gasteiger partial charge in [0.1, 0.15) is 0 Å². The molecule has 0 radical (unpaired) electrons. The summed E-state index contributed by atoms with van der Waals surface area (Å²) in [5, 5.41) is 8.01. The largest absolute Gasteiger partial charge is 0.317 e. The van der Waals surface area contributed by atoms with E-state index in [1.54, 1.807) is 0 Å². The standard InChI is InChI=1S/C16H29N3/c1-5-17-12-13-7-9-16(3,4)11-14(13)15-8-10-18-19(15)6-2/h8,10,13-14,17H,5-7,9,11-12H2,1-4H3. The van der Waals surface area contributed by atoms with Crippen molar-refractivity contribution in [2.24, 2.45) is 11.3 Å². The van der Waals surface area contributed by atoms with Crippen LogP contribution < -0.4 is 5.32 Å². The van der Waals surface area contributed by atoms with Gasteiger partial charge in [-0.25, -0.2) is 0 Å². The molecule has 1 saturated carbocycles. The summed E-state index contributed by atoms with van der Waals surface area (Å²) in [6.45, 7) is 12.4. The van der Waals surface area contributed by atoms with E-state index < -0.39 is 0 Å². The third-order valence-corrected chi connectivity index (χ3v) is 4.62. The van der Waals surface area contributed by atoms with Crippen LogP contribution in [0.2, 0.25) is 0 Å². The van der Waals surface area contributed by atoms with E-state index in [1.165, 1.54) is 25.0 Å². The van der Waals surface area contributed by atoms with Crippen molar-refractivity contribution in [2.75, 3.05) is 13.1 Å². The minimum absolute atomic E-state index is 0.468. The summed E-state index contributed by atoms with van der Waals surface area (Å²) in [7, 11) is 0. The molecule has 1 aliphatic rings. The maximum Gasteiger partial charge on any atom is 0.0492 e. The molecule has 0 aromatic carbocycles. The van der Waals surface area contributed by atoms with E-state index in [2.05, 4.69) is 48.9 Å². The van der Waals surface area contributed by atoms with Gasteiger partial charge in [0, 0.05) is 24.4 Å². The Kier molecular flexibility index (Phi) is 4.67. The van der Waals surface area contributed by atoms with Gasteiger partial charge in [0.2, 0.25) is 0 Å². The smallest absolute Gasteiger partial charge is 0.0492 e. The Balaban J connectivity index is 2.19. The molecule has 2 atom stereocenters. The van der Waals surface area contributed by atoms with Crippen molar-refractivity contribution >= 4 is 0 Å². The molecule has 0 bridgehead atoms. The van der Waals surface area contributed by atoms with Crippen LogP contribution in [0.5, 0.6) is 0 Å². The Morgan fingerprint density at radius 3 is 2.89 bits per heavy atom. The van der Waals surface area contributed by atoms with Gasteiger partial charge >= 0.3 is 0 Å². The van der Waals surface area contributed by atoms with Crippen LogP contribution in [0.15, 0.2) is 12.3 Å². The zero-order valence-electron chi connectivity index (χ0n) is 12.9. The minimum Gasteiger partial charge on any atom is -0.317 e. The van der Waals surface area contributed by atoms with E-state index in [0.29, 0.717) is 11.3 Å². The molecular weight excluding hydrogens is 234 g/mol. The first-order chi connectivity index (χ1) is 9.07. The zero-order valence-corrected chi connectivity index (χ0v) is 12.9. The first-order valence-electron chi connectivity index (χ1n) is 7.80. The third kappa shape index (κ3) is 3.38. The van der Waals surface area contributed by atoms with Crippen LogP contribution in [0.4, 0.5) is 0 Å². The molecule has 2 rings (SSSR count). The monoisotopic (exact) mass is 263 g/mol. The number of nitrogens with one attached hydrogen (secondary N) is 1. The molecule has 3 nitrogen and oxygen atoms in total. The first-order valence-corrected chi connectivity index (χ1v) is 7.80. The second kappa shape index (κ2) is 6.08. The Morgan fingerprint density at radius 1 is 1.42 bits per heavy atom. The van der Waals surface area contributed by atoms with E-state index >= 15 is 0 Å². The van der Waals surface area contributed by atoms with Crippen LogP contribution in [-0.2, 0) is 6.54 Å². The number of hydrogen-bond donors (Lipinski definition) is 1. The van der Waals surface area contributed by atoms with Gasteiger partial charge in [0.15, 0.2) is 0 Å². The molecule has 0 saturated heterocycles. The predicted molar refractivity (Wildman–Crippen MR) is 80.3 cm³/mol. The van der Waals surface area contributed by atoms with Gasteiger partial charge in [-0.1, -0.05) is 20.8 Å². The number of rotatable bonds is 5. The van der Waals surface area contributed by atoms with Gasteiger partial charge in [0.25, 0.3) is 0 Å². The molecule has 0 spiro atoms. The molecule has 2 unspecified atom stereocenters. The van der Waals surface area contributed by atoms with Gasteiger partial charge in [-0.15, -0.1) is 0 Å². The van der Waals surface area contributed by atoms with Crippen LogP contribution in [0.3, 0.4) is 0 Å². The lowest BCUT2D eigenvalue weighted by Gasteiger charge is -2.41. The van der Waals surface area contributed by atoms with Crippen molar-refractivity contribution < 1.29 is 0 Å². The molecule has 19 heavy (non-hydrogen) atoms. The fourth-order valence-corrected chi connectivity index (χ4v) is 3.48. The summed E-state index contributed by atoms with van der Waals surface area (Å²) in [5.41, 5.74) is 1.91. The zero-order chi connectivity index (χ0) is 13.9. The molecule has 1 N–H and O–H groups in total. The lowest BCUT2D eigenvalue weighted by Crippen LogP contribution is -2.35.